The molecule has 3 N–H and O–H groups in total. The van der Waals surface area contributed by atoms with Gasteiger partial charge in [0.2, 0.25) is 0 Å². The van der Waals surface area contributed by atoms with E-state index in [-0.39, 0.29) is 4.90 Å². The van der Waals surface area contributed by atoms with E-state index in [1.165, 1.54) is 17.4 Å². The lowest BCUT2D eigenvalue weighted by Gasteiger charge is -2.12. The van der Waals surface area contributed by atoms with Gasteiger partial charge in [0.15, 0.2) is 10.1 Å². The van der Waals surface area contributed by atoms with Crippen LogP contribution in [0.25, 0.3) is 11.3 Å². The summed E-state index contributed by atoms with van der Waals surface area (Å²) in [6, 6.07) is 19.9. The van der Waals surface area contributed by atoms with Gasteiger partial charge in [0.25, 0.3) is 10.0 Å². The molecule has 0 saturated carbocycles. The van der Waals surface area contributed by atoms with Crippen molar-refractivity contribution in [1.82, 2.24) is 4.98 Å². The van der Waals surface area contributed by atoms with Crippen molar-refractivity contribution in [2.75, 3.05) is 10.5 Å². The molecule has 3 aromatic carbocycles. The molecule has 0 aliphatic rings. The Morgan fingerprint density at radius 3 is 2.39 bits per heavy atom. The van der Waals surface area contributed by atoms with Gasteiger partial charge in [-0.15, -0.1) is 10.2 Å². The molecule has 33 heavy (non-hydrogen) atoms. The number of anilines is 2. The number of thiazole rings is 1. The molecule has 1 aromatic heterocycles. The van der Waals surface area contributed by atoms with Crippen molar-refractivity contribution in [2.24, 2.45) is 10.2 Å². The fraction of sp³-hybridized carbons (Fsp3) is 0.125. The van der Waals surface area contributed by atoms with Gasteiger partial charge in [-0.2, -0.15) is 0 Å². The number of nitrogen functional groups attached to an aromatic ring is 1. The number of azo groups is 1. The second kappa shape index (κ2) is 9.13. The lowest BCUT2D eigenvalue weighted by atomic mass is 10.1. The smallest absolute Gasteiger partial charge is 0.261 e. The van der Waals surface area contributed by atoms with Crippen LogP contribution in [0.3, 0.4) is 0 Å². The lowest BCUT2D eigenvalue weighted by Crippen LogP contribution is -2.13. The maximum absolute atomic E-state index is 13.0. The van der Waals surface area contributed by atoms with E-state index in [4.69, 9.17) is 5.73 Å². The van der Waals surface area contributed by atoms with E-state index in [2.05, 4.69) is 19.9 Å². The van der Waals surface area contributed by atoms with Gasteiger partial charge in [-0.3, -0.25) is 4.72 Å². The molecule has 0 aliphatic carbocycles. The molecule has 0 fully saturated rings. The second-order valence-corrected chi connectivity index (χ2v) is 10.3. The van der Waals surface area contributed by atoms with Crippen molar-refractivity contribution in [3.8, 4) is 11.3 Å². The molecule has 0 atom stereocenters. The van der Waals surface area contributed by atoms with Crippen molar-refractivity contribution in [1.29, 1.82) is 0 Å². The Bertz CT molecular complexity index is 1450. The topological polar surface area (TPSA) is 110 Å². The number of hydrogen-bond acceptors (Lipinski definition) is 7. The van der Waals surface area contributed by atoms with E-state index in [1.807, 2.05) is 63.2 Å². The molecule has 0 unspecified atom stereocenters. The number of benzene rings is 3. The fourth-order valence-electron chi connectivity index (χ4n) is 3.28. The summed E-state index contributed by atoms with van der Waals surface area (Å²) in [5.41, 5.74) is 11.1. The number of sulfonamides is 1. The third-order valence-electron chi connectivity index (χ3n) is 5.04. The Hall–Kier alpha value is -3.56. The quantitative estimate of drug-likeness (QED) is 0.307. The van der Waals surface area contributed by atoms with Gasteiger partial charge in [-0.05, 0) is 50.1 Å². The van der Waals surface area contributed by atoms with E-state index in [9.17, 15) is 8.42 Å². The van der Waals surface area contributed by atoms with Gasteiger partial charge in [-0.1, -0.05) is 65.4 Å². The Morgan fingerprint density at radius 2 is 1.67 bits per heavy atom. The first-order chi connectivity index (χ1) is 15.7. The molecule has 1 heterocycles. The molecule has 4 aromatic rings. The van der Waals surface area contributed by atoms with Crippen molar-refractivity contribution < 1.29 is 8.42 Å². The average molecular weight is 478 g/mol. The highest BCUT2D eigenvalue weighted by Gasteiger charge is 2.17. The van der Waals surface area contributed by atoms with Gasteiger partial charge in [0.05, 0.1) is 16.3 Å². The summed E-state index contributed by atoms with van der Waals surface area (Å²) in [6.07, 6.45) is 0. The first kappa shape index (κ1) is 22.6. The lowest BCUT2D eigenvalue weighted by molar-refractivity contribution is 0.601. The van der Waals surface area contributed by atoms with Crippen LogP contribution >= 0.6 is 11.3 Å². The highest BCUT2D eigenvalue weighted by atomic mass is 32.2. The minimum atomic E-state index is -3.80. The van der Waals surface area contributed by atoms with Crippen LogP contribution < -0.4 is 10.5 Å². The van der Waals surface area contributed by atoms with Crippen LogP contribution in [0.1, 0.15) is 16.7 Å². The molecule has 7 nitrogen and oxygen atoms in total. The van der Waals surface area contributed by atoms with Crippen LogP contribution in [0, 0.1) is 20.8 Å². The van der Waals surface area contributed by atoms with Crippen molar-refractivity contribution in [3.63, 3.8) is 0 Å². The molecular weight excluding hydrogens is 454 g/mol. The Balaban J connectivity index is 1.65. The summed E-state index contributed by atoms with van der Waals surface area (Å²) < 4.78 is 28.7. The van der Waals surface area contributed by atoms with Gasteiger partial charge in [0, 0.05) is 5.56 Å². The van der Waals surface area contributed by atoms with Crippen LogP contribution in [0.2, 0.25) is 0 Å². The number of nitrogens with zero attached hydrogens (tertiary/aromatic N) is 3. The monoisotopic (exact) mass is 477 g/mol. The number of aryl methyl sites for hydroxylation is 3. The zero-order chi connectivity index (χ0) is 23.6. The highest BCUT2D eigenvalue weighted by molar-refractivity contribution is 7.92. The molecule has 0 amide bonds. The molecular formula is C24H23N5O2S2. The summed E-state index contributed by atoms with van der Waals surface area (Å²) in [6.45, 7) is 5.68. The predicted molar refractivity (Wildman–Crippen MR) is 134 cm³/mol. The summed E-state index contributed by atoms with van der Waals surface area (Å²) in [5, 5.41) is 9.62. The zero-order valence-corrected chi connectivity index (χ0v) is 20.0. The number of nitrogens with one attached hydrogen (secondary N) is 1. The summed E-state index contributed by atoms with van der Waals surface area (Å²) in [4.78, 5) is 4.48. The van der Waals surface area contributed by atoms with Gasteiger partial charge >= 0.3 is 0 Å². The maximum Gasteiger partial charge on any atom is 0.261 e. The summed E-state index contributed by atoms with van der Waals surface area (Å²) in [7, 11) is -3.80. The van der Waals surface area contributed by atoms with Crippen molar-refractivity contribution in [2.45, 2.75) is 25.7 Å². The van der Waals surface area contributed by atoms with E-state index < -0.39 is 10.0 Å². The highest BCUT2D eigenvalue weighted by Crippen LogP contribution is 2.38. The largest absolute Gasteiger partial charge is 0.375 e. The fourth-order valence-corrected chi connectivity index (χ4v) is 5.10. The molecule has 0 radical (unpaired) electrons. The number of nitrogens with two attached hydrogens (primary N) is 1. The standard InChI is InChI=1S/C24H23N5O2S2/c1-15-9-12-20(17(3)13-15)29-33(30,31)19-11-10-16(2)21(14-19)27-28-23-22(26-24(25)32-23)18-7-5-4-6-8-18/h4-14,29H,1-3H3,(H2,25,26). The Kier molecular flexibility index (Phi) is 6.26. The van der Waals surface area contributed by atoms with Crippen LogP contribution in [0.15, 0.2) is 81.9 Å². The average Bonchev–Trinajstić information content (AvgIpc) is 3.16. The third-order valence-corrected chi connectivity index (χ3v) is 7.17. The SMILES string of the molecule is Cc1ccc(NS(=O)(=O)c2ccc(C)c(N=Nc3sc(N)nc3-c3ccccc3)c2)c(C)c1. The van der Waals surface area contributed by atoms with E-state index in [0.29, 0.717) is 27.2 Å². The predicted octanol–water partition coefficient (Wildman–Crippen LogP) is 6.53. The summed E-state index contributed by atoms with van der Waals surface area (Å²) >= 11 is 1.22. The Labute approximate surface area is 197 Å². The minimum Gasteiger partial charge on any atom is -0.375 e. The van der Waals surface area contributed by atoms with Gasteiger partial charge in [-0.25, -0.2) is 13.4 Å². The molecule has 0 aliphatic heterocycles. The Morgan fingerprint density at radius 1 is 0.909 bits per heavy atom. The second-order valence-electron chi connectivity index (χ2n) is 7.64. The molecule has 4 rings (SSSR count). The van der Waals surface area contributed by atoms with E-state index >= 15 is 0 Å². The first-order valence-electron chi connectivity index (χ1n) is 10.2. The number of rotatable bonds is 6. The zero-order valence-electron chi connectivity index (χ0n) is 18.4. The minimum absolute atomic E-state index is 0.106. The number of aromatic nitrogens is 1. The molecule has 0 saturated heterocycles. The third kappa shape index (κ3) is 5.10. The van der Waals surface area contributed by atoms with Crippen LogP contribution in [-0.2, 0) is 10.0 Å². The van der Waals surface area contributed by atoms with Gasteiger partial charge in [0.1, 0.15) is 5.69 Å². The van der Waals surface area contributed by atoms with Crippen molar-refractivity contribution in [3.05, 3.63) is 83.4 Å². The van der Waals surface area contributed by atoms with Crippen LogP contribution in [-0.4, -0.2) is 13.4 Å². The molecule has 0 bridgehead atoms. The molecule has 9 heteroatoms. The molecule has 0 spiro atoms. The number of hydrogen-bond donors (Lipinski definition) is 2. The molecule has 168 valence electrons. The van der Waals surface area contributed by atoms with Gasteiger partial charge < -0.3 is 5.73 Å². The van der Waals surface area contributed by atoms with Crippen molar-refractivity contribution >= 4 is 42.9 Å². The van der Waals surface area contributed by atoms with Crippen LogP contribution in [0.4, 0.5) is 21.5 Å². The summed E-state index contributed by atoms with van der Waals surface area (Å²) in [5.74, 6) is 0. The van der Waals surface area contributed by atoms with Crippen LogP contribution in [0.5, 0.6) is 0 Å². The maximum atomic E-state index is 13.0. The normalized spacial score (nSPS) is 11.7. The van der Waals surface area contributed by atoms with E-state index in [1.54, 1.807) is 18.2 Å². The first-order valence-corrected chi connectivity index (χ1v) is 12.5. The van der Waals surface area contributed by atoms with E-state index in [0.717, 1.165) is 22.3 Å².